The molecule has 0 unspecified atom stereocenters. The largest absolute Gasteiger partial charge is 0.492 e. The van der Waals surface area contributed by atoms with Gasteiger partial charge in [-0.05, 0) is 51.4 Å². The van der Waals surface area contributed by atoms with E-state index in [1.165, 1.54) is 0 Å². The van der Waals surface area contributed by atoms with Crippen molar-refractivity contribution < 1.29 is 19.4 Å². The molecule has 1 amide bonds. The molecule has 3 aliphatic heterocycles. The summed E-state index contributed by atoms with van der Waals surface area (Å²) in [6.45, 7) is 3.04. The highest BCUT2D eigenvalue weighted by molar-refractivity contribution is 5.83. The van der Waals surface area contributed by atoms with Gasteiger partial charge in [0.25, 0.3) is 0 Å². The Kier molecular flexibility index (Phi) is 4.84. The minimum Gasteiger partial charge on any atom is -0.492 e. The van der Waals surface area contributed by atoms with Crippen LogP contribution in [-0.2, 0) is 9.59 Å². The minimum atomic E-state index is -1.03. The average Bonchev–Trinajstić information content (AvgIpc) is 3.09. The van der Waals surface area contributed by atoms with Crippen molar-refractivity contribution in [2.24, 2.45) is 11.3 Å². The molecule has 1 aromatic carbocycles. The van der Waals surface area contributed by atoms with E-state index in [2.05, 4.69) is 11.9 Å². The van der Waals surface area contributed by atoms with Crippen LogP contribution < -0.4 is 4.74 Å². The number of fused-ring (bicyclic) bond motifs is 3. The topological polar surface area (TPSA) is 70.1 Å². The molecule has 3 aliphatic rings. The third-order valence-corrected chi connectivity index (χ3v) is 6.71. The van der Waals surface area contributed by atoms with Crippen LogP contribution in [0.4, 0.5) is 0 Å². The average molecular weight is 372 g/mol. The first kappa shape index (κ1) is 18.3. The maximum atomic E-state index is 12.9. The summed E-state index contributed by atoms with van der Waals surface area (Å²) in [6.07, 6.45) is 3.71. The number of carbonyl (C=O) groups is 2. The first-order chi connectivity index (χ1) is 13.0. The van der Waals surface area contributed by atoms with Gasteiger partial charge in [0, 0.05) is 31.0 Å². The SMILES string of the molecule is CN1CCC(CCC(=O)N2C[C@@H]3c4ccccc4OC[C@]3(C(=O)O)C2)CC1. The molecule has 0 spiro atoms. The van der Waals surface area contributed by atoms with Crippen molar-refractivity contribution in [3.05, 3.63) is 29.8 Å². The molecule has 1 aromatic rings. The summed E-state index contributed by atoms with van der Waals surface area (Å²) in [4.78, 5) is 29.1. The standard InChI is InChI=1S/C21H28N2O4/c1-22-10-8-15(9-11-22)6-7-19(24)23-12-17-16-4-2-3-5-18(16)27-14-21(17,13-23)20(25)26/h2-5,15,17H,6-14H2,1H3,(H,25,26)/t17-,21-/m1/s1. The number of benzene rings is 1. The molecule has 1 N–H and O–H groups in total. The second-order valence-corrected chi connectivity index (χ2v) is 8.40. The van der Waals surface area contributed by atoms with Crippen LogP contribution in [0.1, 0.15) is 37.2 Å². The molecule has 27 heavy (non-hydrogen) atoms. The van der Waals surface area contributed by atoms with Crippen LogP contribution in [0.3, 0.4) is 0 Å². The highest BCUT2D eigenvalue weighted by atomic mass is 16.5. The number of amides is 1. The highest BCUT2D eigenvalue weighted by Crippen LogP contribution is 2.49. The van der Waals surface area contributed by atoms with E-state index in [0.717, 1.165) is 43.7 Å². The Balaban J connectivity index is 1.45. The van der Waals surface area contributed by atoms with E-state index in [1.54, 1.807) is 4.90 Å². The Labute approximate surface area is 160 Å². The Morgan fingerprint density at radius 3 is 2.74 bits per heavy atom. The van der Waals surface area contributed by atoms with Crippen LogP contribution in [0.2, 0.25) is 0 Å². The summed E-state index contributed by atoms with van der Waals surface area (Å²) >= 11 is 0. The molecule has 0 saturated carbocycles. The number of para-hydroxylation sites is 1. The molecular weight excluding hydrogens is 344 g/mol. The van der Waals surface area contributed by atoms with Gasteiger partial charge in [0.05, 0.1) is 0 Å². The van der Waals surface area contributed by atoms with Crippen LogP contribution in [0.25, 0.3) is 0 Å². The number of piperidine rings is 1. The van der Waals surface area contributed by atoms with Gasteiger partial charge in [-0.3, -0.25) is 9.59 Å². The van der Waals surface area contributed by atoms with Gasteiger partial charge >= 0.3 is 5.97 Å². The third-order valence-electron chi connectivity index (χ3n) is 6.71. The molecule has 6 nitrogen and oxygen atoms in total. The van der Waals surface area contributed by atoms with Crippen molar-refractivity contribution in [3.8, 4) is 5.75 Å². The van der Waals surface area contributed by atoms with Gasteiger partial charge in [0.1, 0.15) is 17.8 Å². The van der Waals surface area contributed by atoms with E-state index in [4.69, 9.17) is 4.74 Å². The fourth-order valence-electron chi connectivity index (χ4n) is 4.86. The van der Waals surface area contributed by atoms with Gasteiger partial charge in [-0.1, -0.05) is 18.2 Å². The first-order valence-corrected chi connectivity index (χ1v) is 9.91. The number of likely N-dealkylation sites (tertiary alicyclic amines) is 2. The second kappa shape index (κ2) is 7.15. The number of ether oxygens (including phenoxy) is 1. The third kappa shape index (κ3) is 3.31. The molecule has 4 rings (SSSR count). The van der Waals surface area contributed by atoms with E-state index in [9.17, 15) is 14.7 Å². The zero-order valence-corrected chi connectivity index (χ0v) is 15.9. The van der Waals surface area contributed by atoms with Crippen LogP contribution >= 0.6 is 0 Å². The second-order valence-electron chi connectivity index (χ2n) is 8.40. The number of carbonyl (C=O) groups excluding carboxylic acids is 1. The summed E-state index contributed by atoms with van der Waals surface area (Å²) in [6, 6.07) is 7.62. The lowest BCUT2D eigenvalue weighted by atomic mass is 9.73. The van der Waals surface area contributed by atoms with Gasteiger partial charge in [0.15, 0.2) is 0 Å². The molecule has 6 heteroatoms. The number of rotatable bonds is 4. The fourth-order valence-corrected chi connectivity index (χ4v) is 4.86. The first-order valence-electron chi connectivity index (χ1n) is 9.91. The number of nitrogens with zero attached hydrogens (tertiary/aromatic N) is 2. The van der Waals surface area contributed by atoms with Crippen molar-refractivity contribution in [1.29, 1.82) is 0 Å². The van der Waals surface area contributed by atoms with Crippen LogP contribution in [0.15, 0.2) is 24.3 Å². The number of carboxylic acid groups (broad SMARTS) is 1. The zero-order chi connectivity index (χ0) is 19.0. The molecule has 2 fully saturated rings. The maximum absolute atomic E-state index is 12.9. The lowest BCUT2D eigenvalue weighted by Gasteiger charge is -2.35. The van der Waals surface area contributed by atoms with Crippen molar-refractivity contribution in [2.75, 3.05) is 39.8 Å². The quantitative estimate of drug-likeness (QED) is 0.877. The summed E-state index contributed by atoms with van der Waals surface area (Å²) in [5.74, 6) is 0.369. The van der Waals surface area contributed by atoms with Crippen molar-refractivity contribution >= 4 is 11.9 Å². The molecule has 0 aliphatic carbocycles. The summed E-state index contributed by atoms with van der Waals surface area (Å²) in [7, 11) is 2.14. The Morgan fingerprint density at radius 1 is 1.26 bits per heavy atom. The Morgan fingerprint density at radius 2 is 2.00 bits per heavy atom. The lowest BCUT2D eigenvalue weighted by molar-refractivity contribution is -0.152. The summed E-state index contributed by atoms with van der Waals surface area (Å²) < 4.78 is 5.77. The van der Waals surface area contributed by atoms with E-state index in [-0.39, 0.29) is 25.0 Å². The normalized spacial score (nSPS) is 28.3. The fraction of sp³-hybridized carbons (Fsp3) is 0.619. The zero-order valence-electron chi connectivity index (χ0n) is 15.9. The van der Waals surface area contributed by atoms with E-state index < -0.39 is 11.4 Å². The van der Waals surface area contributed by atoms with E-state index in [1.807, 2.05) is 24.3 Å². The maximum Gasteiger partial charge on any atom is 0.315 e. The van der Waals surface area contributed by atoms with Crippen molar-refractivity contribution in [1.82, 2.24) is 9.80 Å². The molecule has 2 atom stereocenters. The monoisotopic (exact) mass is 372 g/mol. The van der Waals surface area contributed by atoms with Gasteiger partial charge in [-0.25, -0.2) is 0 Å². The summed E-state index contributed by atoms with van der Waals surface area (Å²) in [5.41, 5.74) is -0.117. The molecule has 2 saturated heterocycles. The van der Waals surface area contributed by atoms with Crippen LogP contribution in [0, 0.1) is 11.3 Å². The minimum absolute atomic E-state index is 0.0847. The van der Waals surface area contributed by atoms with Crippen LogP contribution in [0.5, 0.6) is 5.75 Å². The number of carboxylic acids is 1. The smallest absolute Gasteiger partial charge is 0.315 e. The Bertz CT molecular complexity index is 729. The van der Waals surface area contributed by atoms with Crippen molar-refractivity contribution in [3.63, 3.8) is 0 Å². The van der Waals surface area contributed by atoms with Gasteiger partial charge in [0.2, 0.25) is 5.91 Å². The Hall–Kier alpha value is -2.08. The molecule has 0 bridgehead atoms. The number of hydrogen-bond acceptors (Lipinski definition) is 4. The van der Waals surface area contributed by atoms with E-state index in [0.29, 0.717) is 18.9 Å². The lowest BCUT2D eigenvalue weighted by Crippen LogP contribution is -2.46. The molecular formula is C21H28N2O4. The van der Waals surface area contributed by atoms with Gasteiger partial charge in [-0.2, -0.15) is 0 Å². The van der Waals surface area contributed by atoms with Crippen molar-refractivity contribution in [2.45, 2.75) is 31.6 Å². The van der Waals surface area contributed by atoms with Crippen LogP contribution in [-0.4, -0.2) is 66.6 Å². The predicted molar refractivity (Wildman–Crippen MR) is 101 cm³/mol. The summed E-state index contributed by atoms with van der Waals surface area (Å²) in [5, 5.41) is 9.96. The van der Waals surface area contributed by atoms with Gasteiger partial charge < -0.3 is 19.6 Å². The molecule has 3 heterocycles. The molecule has 146 valence electrons. The van der Waals surface area contributed by atoms with E-state index >= 15 is 0 Å². The number of aliphatic carboxylic acids is 1. The predicted octanol–water partition coefficient (Wildman–Crippen LogP) is 2.20. The molecule has 0 aromatic heterocycles. The highest BCUT2D eigenvalue weighted by Gasteiger charge is 2.57. The number of hydrogen-bond donors (Lipinski definition) is 1. The molecule has 0 radical (unpaired) electrons. The van der Waals surface area contributed by atoms with Gasteiger partial charge in [-0.15, -0.1) is 0 Å².